The molecule has 0 radical (unpaired) electrons. The predicted molar refractivity (Wildman–Crippen MR) is 95.3 cm³/mol. The van der Waals surface area contributed by atoms with Gasteiger partial charge in [-0.2, -0.15) is 5.10 Å². The van der Waals surface area contributed by atoms with Gasteiger partial charge in [-0.3, -0.25) is 9.59 Å². The number of phenolic OH excluding ortho intramolecular Hbond substituents is 1. The lowest BCUT2D eigenvalue weighted by Gasteiger charge is -2.04. The van der Waals surface area contributed by atoms with Crippen LogP contribution in [-0.2, 0) is 4.79 Å². The number of rotatable bonds is 5. The Balaban J connectivity index is 1.84. The van der Waals surface area contributed by atoms with Gasteiger partial charge < -0.3 is 10.4 Å². The zero-order chi connectivity index (χ0) is 17.5. The highest BCUT2D eigenvalue weighted by atomic mass is 79.9. The molecule has 0 unspecified atom stereocenters. The van der Waals surface area contributed by atoms with E-state index in [0.717, 1.165) is 4.47 Å². The SMILES string of the molecule is O=C(CNC(=O)c1cccc(Cl)c1)NN=Cc1cc(Br)ccc1O. The Morgan fingerprint density at radius 1 is 1.25 bits per heavy atom. The molecule has 0 saturated carbocycles. The van der Waals surface area contributed by atoms with E-state index < -0.39 is 11.8 Å². The summed E-state index contributed by atoms with van der Waals surface area (Å²) in [7, 11) is 0. The van der Waals surface area contributed by atoms with Crippen molar-refractivity contribution in [1.29, 1.82) is 0 Å². The molecule has 2 aromatic rings. The zero-order valence-corrected chi connectivity index (χ0v) is 14.6. The van der Waals surface area contributed by atoms with Gasteiger partial charge in [0.2, 0.25) is 0 Å². The minimum atomic E-state index is -0.504. The third kappa shape index (κ3) is 5.36. The second-order valence-electron chi connectivity index (χ2n) is 4.69. The summed E-state index contributed by atoms with van der Waals surface area (Å²) in [6.07, 6.45) is 1.30. The van der Waals surface area contributed by atoms with Crippen LogP contribution in [0, 0.1) is 0 Å². The van der Waals surface area contributed by atoms with Crippen LogP contribution in [0.2, 0.25) is 5.02 Å². The maximum absolute atomic E-state index is 11.9. The molecule has 24 heavy (non-hydrogen) atoms. The Morgan fingerprint density at radius 3 is 2.79 bits per heavy atom. The van der Waals surface area contributed by atoms with Crippen molar-refractivity contribution in [3.8, 4) is 5.75 Å². The van der Waals surface area contributed by atoms with Gasteiger partial charge in [-0.1, -0.05) is 33.6 Å². The van der Waals surface area contributed by atoms with E-state index in [1.807, 2.05) is 0 Å². The molecule has 0 aliphatic carbocycles. The average molecular weight is 411 g/mol. The molecule has 2 amide bonds. The summed E-state index contributed by atoms with van der Waals surface area (Å²) in [6.45, 7) is -0.243. The van der Waals surface area contributed by atoms with Crippen LogP contribution in [0.25, 0.3) is 0 Å². The molecule has 8 heteroatoms. The molecule has 0 aliphatic heterocycles. The van der Waals surface area contributed by atoms with Crippen molar-refractivity contribution in [2.45, 2.75) is 0 Å². The molecule has 0 aromatic heterocycles. The summed E-state index contributed by atoms with van der Waals surface area (Å²) in [4.78, 5) is 23.5. The normalized spacial score (nSPS) is 10.6. The number of carbonyl (C=O) groups excluding carboxylic acids is 2. The van der Waals surface area contributed by atoms with E-state index in [4.69, 9.17) is 11.6 Å². The minimum absolute atomic E-state index is 0.0328. The monoisotopic (exact) mass is 409 g/mol. The molecule has 0 spiro atoms. The van der Waals surface area contributed by atoms with E-state index in [-0.39, 0.29) is 12.3 Å². The number of nitrogens with one attached hydrogen (secondary N) is 2. The molecule has 2 rings (SSSR count). The third-order valence-corrected chi connectivity index (χ3v) is 3.61. The molecular formula is C16H13BrClN3O3. The van der Waals surface area contributed by atoms with Crippen molar-refractivity contribution in [3.63, 3.8) is 0 Å². The van der Waals surface area contributed by atoms with Crippen LogP contribution in [0.1, 0.15) is 15.9 Å². The number of phenols is 1. The molecule has 0 heterocycles. The van der Waals surface area contributed by atoms with Gasteiger partial charge >= 0.3 is 0 Å². The van der Waals surface area contributed by atoms with Gasteiger partial charge in [-0.25, -0.2) is 5.43 Å². The topological polar surface area (TPSA) is 90.8 Å². The molecule has 0 aliphatic rings. The molecule has 2 aromatic carbocycles. The first-order valence-electron chi connectivity index (χ1n) is 6.80. The van der Waals surface area contributed by atoms with Gasteiger partial charge in [0.15, 0.2) is 0 Å². The van der Waals surface area contributed by atoms with E-state index in [0.29, 0.717) is 16.1 Å². The van der Waals surface area contributed by atoms with Crippen molar-refractivity contribution in [2.75, 3.05) is 6.54 Å². The summed E-state index contributed by atoms with van der Waals surface area (Å²) in [6, 6.07) is 11.2. The number of hydrogen-bond acceptors (Lipinski definition) is 4. The Hall–Kier alpha value is -2.38. The van der Waals surface area contributed by atoms with E-state index in [1.165, 1.54) is 18.3 Å². The number of benzene rings is 2. The number of halogens is 2. The van der Waals surface area contributed by atoms with Gasteiger partial charge in [0.05, 0.1) is 12.8 Å². The first-order valence-corrected chi connectivity index (χ1v) is 7.97. The second kappa shape index (κ2) is 8.47. The highest BCUT2D eigenvalue weighted by molar-refractivity contribution is 9.10. The van der Waals surface area contributed by atoms with Crippen LogP contribution in [0.3, 0.4) is 0 Å². The van der Waals surface area contributed by atoms with E-state index in [1.54, 1.807) is 30.3 Å². The maximum Gasteiger partial charge on any atom is 0.259 e. The first-order chi connectivity index (χ1) is 11.5. The van der Waals surface area contributed by atoms with Gasteiger partial charge in [0.25, 0.3) is 11.8 Å². The van der Waals surface area contributed by atoms with Crippen molar-refractivity contribution in [3.05, 3.63) is 63.1 Å². The largest absolute Gasteiger partial charge is 0.507 e. The molecule has 6 nitrogen and oxygen atoms in total. The van der Waals surface area contributed by atoms with Crippen molar-refractivity contribution in [2.24, 2.45) is 5.10 Å². The maximum atomic E-state index is 11.9. The highest BCUT2D eigenvalue weighted by Gasteiger charge is 2.08. The first kappa shape index (κ1) is 18.0. The van der Waals surface area contributed by atoms with Crippen molar-refractivity contribution < 1.29 is 14.7 Å². The molecule has 0 saturated heterocycles. The Bertz CT molecular complexity index is 796. The lowest BCUT2D eigenvalue weighted by atomic mass is 10.2. The zero-order valence-electron chi connectivity index (χ0n) is 12.3. The van der Waals surface area contributed by atoms with E-state index in [2.05, 4.69) is 31.8 Å². The number of aromatic hydroxyl groups is 1. The van der Waals surface area contributed by atoms with Gasteiger partial charge in [-0.15, -0.1) is 0 Å². The summed E-state index contributed by atoms with van der Waals surface area (Å²) in [5, 5.41) is 16.3. The summed E-state index contributed by atoms with van der Waals surface area (Å²) >= 11 is 9.07. The highest BCUT2D eigenvalue weighted by Crippen LogP contribution is 2.19. The number of hydrazone groups is 1. The van der Waals surface area contributed by atoms with E-state index >= 15 is 0 Å². The second-order valence-corrected chi connectivity index (χ2v) is 6.04. The van der Waals surface area contributed by atoms with E-state index in [9.17, 15) is 14.7 Å². The molecule has 0 bridgehead atoms. The lowest BCUT2D eigenvalue weighted by Crippen LogP contribution is -2.34. The molecular weight excluding hydrogens is 398 g/mol. The van der Waals surface area contributed by atoms with Crippen LogP contribution in [0.4, 0.5) is 0 Å². The third-order valence-electron chi connectivity index (χ3n) is 2.88. The Morgan fingerprint density at radius 2 is 2.04 bits per heavy atom. The van der Waals surface area contributed by atoms with Crippen LogP contribution < -0.4 is 10.7 Å². The lowest BCUT2D eigenvalue weighted by molar-refractivity contribution is -0.120. The van der Waals surface area contributed by atoms with Crippen LogP contribution in [0.15, 0.2) is 52.0 Å². The fourth-order valence-corrected chi connectivity index (χ4v) is 2.30. The standard InChI is InChI=1S/C16H13BrClN3O3/c17-12-4-5-14(22)11(6-12)8-20-21-15(23)9-19-16(24)10-2-1-3-13(18)7-10/h1-8,22H,9H2,(H,19,24)(H,21,23). The molecule has 124 valence electrons. The predicted octanol–water partition coefficient (Wildman–Crippen LogP) is 2.69. The van der Waals surface area contributed by atoms with Crippen LogP contribution in [0.5, 0.6) is 5.75 Å². The number of carbonyl (C=O) groups is 2. The molecule has 0 fully saturated rings. The van der Waals surface area contributed by atoms with Crippen LogP contribution in [-0.4, -0.2) is 29.7 Å². The Labute approximate surface area is 151 Å². The molecule has 0 atom stereocenters. The number of hydrogen-bond donors (Lipinski definition) is 3. The number of amides is 2. The molecule has 3 N–H and O–H groups in total. The van der Waals surface area contributed by atoms with Gasteiger partial charge in [-0.05, 0) is 36.4 Å². The minimum Gasteiger partial charge on any atom is -0.507 e. The van der Waals surface area contributed by atoms with Crippen LogP contribution >= 0.6 is 27.5 Å². The smallest absolute Gasteiger partial charge is 0.259 e. The van der Waals surface area contributed by atoms with Crippen molar-refractivity contribution in [1.82, 2.24) is 10.7 Å². The van der Waals surface area contributed by atoms with Gasteiger partial charge in [0.1, 0.15) is 5.75 Å². The summed E-state index contributed by atoms with van der Waals surface area (Å²) in [5.41, 5.74) is 3.06. The Kier molecular flexibility index (Phi) is 6.34. The average Bonchev–Trinajstić information content (AvgIpc) is 2.56. The number of nitrogens with zero attached hydrogens (tertiary/aromatic N) is 1. The summed E-state index contributed by atoms with van der Waals surface area (Å²) in [5.74, 6) is -0.886. The fourth-order valence-electron chi connectivity index (χ4n) is 1.73. The summed E-state index contributed by atoms with van der Waals surface area (Å²) < 4.78 is 0.766. The van der Waals surface area contributed by atoms with Gasteiger partial charge in [0, 0.05) is 20.6 Å². The van der Waals surface area contributed by atoms with Crippen molar-refractivity contribution >= 4 is 45.6 Å². The fraction of sp³-hybridized carbons (Fsp3) is 0.0625. The quantitative estimate of drug-likeness (QED) is 0.523.